The van der Waals surface area contributed by atoms with E-state index in [1.165, 1.54) is 0 Å². The van der Waals surface area contributed by atoms with Crippen molar-refractivity contribution in [2.75, 3.05) is 31.2 Å². The molecule has 0 amide bonds. The first-order valence-electron chi connectivity index (χ1n) is 5.99. The number of nitrogens with two attached hydrogens (primary N) is 1. The maximum atomic E-state index is 11.1. The van der Waals surface area contributed by atoms with Gasteiger partial charge < -0.3 is 21.1 Å². The molecule has 0 heterocycles. The van der Waals surface area contributed by atoms with Gasteiger partial charge >= 0.3 is 5.97 Å². The SMILES string of the molecule is CC(C)N(C)CCNc1c(N)cccc1C(=O)O. The van der Waals surface area contributed by atoms with E-state index >= 15 is 0 Å². The first-order chi connectivity index (χ1) is 8.43. The van der Waals surface area contributed by atoms with E-state index in [0.717, 1.165) is 6.54 Å². The Kier molecular flexibility index (Phi) is 4.97. The zero-order valence-electron chi connectivity index (χ0n) is 11.1. The number of nitrogens with zero attached hydrogens (tertiary/aromatic N) is 1. The van der Waals surface area contributed by atoms with Gasteiger partial charge in [0.25, 0.3) is 0 Å². The van der Waals surface area contributed by atoms with Gasteiger partial charge in [0.05, 0.1) is 16.9 Å². The zero-order chi connectivity index (χ0) is 13.7. The number of rotatable bonds is 6. The second-order valence-corrected chi connectivity index (χ2v) is 4.58. The van der Waals surface area contributed by atoms with Gasteiger partial charge in [0.2, 0.25) is 0 Å². The quantitative estimate of drug-likeness (QED) is 0.671. The van der Waals surface area contributed by atoms with Crippen LogP contribution in [0.2, 0.25) is 0 Å². The molecule has 5 nitrogen and oxygen atoms in total. The topological polar surface area (TPSA) is 78.6 Å². The van der Waals surface area contributed by atoms with Crippen LogP contribution in [0.25, 0.3) is 0 Å². The van der Waals surface area contributed by atoms with Crippen LogP contribution in [0, 0.1) is 0 Å². The van der Waals surface area contributed by atoms with Gasteiger partial charge in [-0.1, -0.05) is 6.07 Å². The number of likely N-dealkylation sites (N-methyl/N-ethyl adjacent to an activating group) is 1. The molecule has 0 atom stereocenters. The Morgan fingerprint density at radius 3 is 2.72 bits per heavy atom. The van der Waals surface area contributed by atoms with E-state index in [-0.39, 0.29) is 5.56 Å². The number of aromatic carboxylic acids is 1. The van der Waals surface area contributed by atoms with Crippen LogP contribution in [-0.4, -0.2) is 42.2 Å². The van der Waals surface area contributed by atoms with Crippen LogP contribution in [0.15, 0.2) is 18.2 Å². The fraction of sp³-hybridized carbons (Fsp3) is 0.462. The number of para-hydroxylation sites is 1. The summed E-state index contributed by atoms with van der Waals surface area (Å²) < 4.78 is 0. The highest BCUT2D eigenvalue weighted by molar-refractivity contribution is 5.97. The molecule has 1 aromatic rings. The third-order valence-electron chi connectivity index (χ3n) is 2.97. The average Bonchev–Trinajstić information content (AvgIpc) is 2.30. The number of anilines is 2. The van der Waals surface area contributed by atoms with Crippen LogP contribution in [0.5, 0.6) is 0 Å². The molecule has 0 unspecified atom stereocenters. The fourth-order valence-corrected chi connectivity index (χ4v) is 1.56. The number of nitrogens with one attached hydrogen (secondary N) is 1. The Morgan fingerprint density at radius 2 is 2.17 bits per heavy atom. The highest BCUT2D eigenvalue weighted by atomic mass is 16.4. The van der Waals surface area contributed by atoms with Crippen LogP contribution >= 0.6 is 0 Å². The monoisotopic (exact) mass is 251 g/mol. The lowest BCUT2D eigenvalue weighted by molar-refractivity contribution is 0.0698. The van der Waals surface area contributed by atoms with Crippen molar-refractivity contribution < 1.29 is 9.90 Å². The molecule has 18 heavy (non-hydrogen) atoms. The second kappa shape index (κ2) is 6.26. The van der Waals surface area contributed by atoms with Crippen LogP contribution in [0.3, 0.4) is 0 Å². The van der Waals surface area contributed by atoms with E-state index in [1.54, 1.807) is 18.2 Å². The number of carboxylic acids is 1. The molecule has 0 saturated heterocycles. The van der Waals surface area contributed by atoms with Crippen LogP contribution in [-0.2, 0) is 0 Å². The molecule has 100 valence electrons. The first kappa shape index (κ1) is 14.3. The molecule has 0 fully saturated rings. The molecule has 0 bridgehead atoms. The molecule has 5 heteroatoms. The molecule has 0 spiro atoms. The largest absolute Gasteiger partial charge is 0.478 e. The van der Waals surface area contributed by atoms with E-state index in [1.807, 2.05) is 7.05 Å². The van der Waals surface area contributed by atoms with Crippen LogP contribution in [0.1, 0.15) is 24.2 Å². The summed E-state index contributed by atoms with van der Waals surface area (Å²) in [6.07, 6.45) is 0. The van der Waals surface area contributed by atoms with E-state index in [9.17, 15) is 4.79 Å². The molecular weight excluding hydrogens is 230 g/mol. The van der Waals surface area contributed by atoms with Crippen molar-refractivity contribution in [2.45, 2.75) is 19.9 Å². The third-order valence-corrected chi connectivity index (χ3v) is 2.97. The fourth-order valence-electron chi connectivity index (χ4n) is 1.56. The Balaban J connectivity index is 2.70. The van der Waals surface area contributed by atoms with Gasteiger partial charge in [-0.05, 0) is 33.0 Å². The molecule has 0 radical (unpaired) electrons. The summed E-state index contributed by atoms with van der Waals surface area (Å²) in [6.45, 7) is 5.70. The number of carbonyl (C=O) groups is 1. The lowest BCUT2D eigenvalue weighted by atomic mass is 10.1. The smallest absolute Gasteiger partial charge is 0.337 e. The van der Waals surface area contributed by atoms with Crippen molar-refractivity contribution in [2.24, 2.45) is 0 Å². The van der Waals surface area contributed by atoms with E-state index in [2.05, 4.69) is 24.1 Å². The average molecular weight is 251 g/mol. The number of benzene rings is 1. The minimum atomic E-state index is -0.970. The van der Waals surface area contributed by atoms with Crippen molar-refractivity contribution in [1.82, 2.24) is 4.90 Å². The van der Waals surface area contributed by atoms with Gasteiger partial charge in [0, 0.05) is 19.1 Å². The molecule has 4 N–H and O–H groups in total. The maximum absolute atomic E-state index is 11.1. The molecule has 1 rings (SSSR count). The molecule has 1 aromatic carbocycles. The van der Waals surface area contributed by atoms with Gasteiger partial charge in [-0.2, -0.15) is 0 Å². The summed E-state index contributed by atoms with van der Waals surface area (Å²) >= 11 is 0. The highest BCUT2D eigenvalue weighted by Crippen LogP contribution is 2.23. The van der Waals surface area contributed by atoms with Crippen molar-refractivity contribution in [3.63, 3.8) is 0 Å². The van der Waals surface area contributed by atoms with Crippen molar-refractivity contribution in [3.8, 4) is 0 Å². The Labute approximate surface area is 108 Å². The van der Waals surface area contributed by atoms with Crippen molar-refractivity contribution in [1.29, 1.82) is 0 Å². The predicted molar refractivity (Wildman–Crippen MR) is 74.1 cm³/mol. The second-order valence-electron chi connectivity index (χ2n) is 4.58. The first-order valence-corrected chi connectivity index (χ1v) is 5.99. The predicted octanol–water partition coefficient (Wildman–Crippen LogP) is 1.72. The lowest BCUT2D eigenvalue weighted by Crippen LogP contribution is -2.31. The van der Waals surface area contributed by atoms with Crippen molar-refractivity contribution >= 4 is 17.3 Å². The van der Waals surface area contributed by atoms with Gasteiger partial charge in [-0.3, -0.25) is 0 Å². The number of carboxylic acid groups (broad SMARTS) is 1. The summed E-state index contributed by atoms with van der Waals surface area (Å²) in [6, 6.07) is 5.34. The van der Waals surface area contributed by atoms with Gasteiger partial charge in [-0.15, -0.1) is 0 Å². The van der Waals surface area contributed by atoms with Gasteiger partial charge in [-0.25, -0.2) is 4.79 Å². The summed E-state index contributed by atoms with van der Waals surface area (Å²) in [5.74, 6) is -0.970. The molecule has 0 saturated carbocycles. The number of nitrogen functional groups attached to an aromatic ring is 1. The van der Waals surface area contributed by atoms with E-state index in [0.29, 0.717) is 24.0 Å². The summed E-state index contributed by atoms with van der Waals surface area (Å²) in [4.78, 5) is 13.2. The lowest BCUT2D eigenvalue weighted by Gasteiger charge is -2.22. The van der Waals surface area contributed by atoms with E-state index in [4.69, 9.17) is 10.8 Å². The molecule has 0 aromatic heterocycles. The molecular formula is C13H21N3O2. The zero-order valence-corrected chi connectivity index (χ0v) is 11.1. The minimum absolute atomic E-state index is 0.210. The standard InChI is InChI=1S/C13H21N3O2/c1-9(2)16(3)8-7-15-12-10(13(17)18)5-4-6-11(12)14/h4-6,9,15H,7-8,14H2,1-3H3,(H,17,18). The Bertz CT molecular complexity index is 419. The Morgan fingerprint density at radius 1 is 1.50 bits per heavy atom. The van der Waals surface area contributed by atoms with E-state index < -0.39 is 5.97 Å². The normalized spacial score (nSPS) is 10.9. The summed E-state index contributed by atoms with van der Waals surface area (Å²) in [5, 5.41) is 12.2. The highest BCUT2D eigenvalue weighted by Gasteiger charge is 2.12. The minimum Gasteiger partial charge on any atom is -0.478 e. The molecule has 0 aliphatic rings. The molecule has 0 aliphatic heterocycles. The van der Waals surface area contributed by atoms with Gasteiger partial charge in [0.15, 0.2) is 0 Å². The van der Waals surface area contributed by atoms with Crippen LogP contribution < -0.4 is 11.1 Å². The Hall–Kier alpha value is -1.75. The van der Waals surface area contributed by atoms with Gasteiger partial charge in [0.1, 0.15) is 0 Å². The van der Waals surface area contributed by atoms with Crippen molar-refractivity contribution in [3.05, 3.63) is 23.8 Å². The molecule has 0 aliphatic carbocycles. The number of hydrogen-bond acceptors (Lipinski definition) is 4. The number of hydrogen-bond donors (Lipinski definition) is 3. The maximum Gasteiger partial charge on any atom is 0.337 e. The van der Waals surface area contributed by atoms with Crippen LogP contribution in [0.4, 0.5) is 11.4 Å². The summed E-state index contributed by atoms with van der Waals surface area (Å²) in [5.41, 5.74) is 6.97. The summed E-state index contributed by atoms with van der Waals surface area (Å²) in [7, 11) is 2.03. The third kappa shape index (κ3) is 3.63.